The minimum Gasteiger partial charge on any atom is -0.376 e. The second-order valence-electron chi connectivity index (χ2n) is 7.93. The molecule has 0 bridgehead atoms. The Bertz CT molecular complexity index is 611. The molecule has 1 heterocycles. The Balaban J connectivity index is 2.01. The molecule has 33 heavy (non-hydrogen) atoms. The number of benzene rings is 1. The zero-order chi connectivity index (χ0) is 24.1. The molecule has 0 aromatic heterocycles. The molecule has 0 unspecified atom stereocenters. The molecule has 1 aliphatic heterocycles. The Morgan fingerprint density at radius 2 is 1.55 bits per heavy atom. The van der Waals surface area contributed by atoms with Gasteiger partial charge >= 0.3 is 0 Å². The topological polar surface area (TPSA) is 83.1 Å². The molecule has 1 aromatic carbocycles. The first-order valence-corrected chi connectivity index (χ1v) is 11.3. The van der Waals surface area contributed by atoms with Crippen molar-refractivity contribution >= 4 is 0 Å². The zero-order valence-corrected chi connectivity index (χ0v) is 20.6. The Labute approximate surface area is 197 Å². The fraction of sp³-hybridized carbons (Fsp3) is 0.750. The van der Waals surface area contributed by atoms with Crippen LogP contribution in [0.25, 0.3) is 0 Å². The van der Waals surface area contributed by atoms with Gasteiger partial charge in [0.15, 0.2) is 12.6 Å². The minimum absolute atomic E-state index is 0.0496. The Kier molecular flexibility index (Phi) is 13.4. The largest absolute Gasteiger partial charge is 0.376 e. The van der Waals surface area contributed by atoms with E-state index in [9.17, 15) is 0 Å². The molecule has 0 radical (unpaired) electrons. The summed E-state index contributed by atoms with van der Waals surface area (Å²) in [6, 6.07) is 9.98. The van der Waals surface area contributed by atoms with Gasteiger partial charge in [0.05, 0.1) is 32.5 Å². The molecule has 9 heteroatoms. The van der Waals surface area contributed by atoms with Gasteiger partial charge < -0.3 is 42.6 Å². The summed E-state index contributed by atoms with van der Waals surface area (Å²) in [6.45, 7) is 5.68. The van der Waals surface area contributed by atoms with E-state index < -0.39 is 37.0 Å². The van der Waals surface area contributed by atoms with Crippen LogP contribution in [0.15, 0.2) is 30.3 Å². The predicted molar refractivity (Wildman–Crippen MR) is 121 cm³/mol. The van der Waals surface area contributed by atoms with E-state index >= 15 is 0 Å². The normalized spacial score (nSPS) is 25.8. The highest BCUT2D eigenvalue weighted by atomic mass is 16.7. The van der Waals surface area contributed by atoms with Crippen molar-refractivity contribution in [3.63, 3.8) is 0 Å². The van der Waals surface area contributed by atoms with Crippen LogP contribution in [0.1, 0.15) is 19.4 Å². The maximum Gasteiger partial charge on any atom is 0.187 e. The summed E-state index contributed by atoms with van der Waals surface area (Å²) in [5, 5.41) is 0. The summed E-state index contributed by atoms with van der Waals surface area (Å²) in [5.74, 6) is 0. The second kappa shape index (κ2) is 15.7. The van der Waals surface area contributed by atoms with Crippen molar-refractivity contribution in [3.8, 4) is 0 Å². The van der Waals surface area contributed by atoms with Crippen LogP contribution in [-0.2, 0) is 49.2 Å². The Morgan fingerprint density at radius 1 is 0.848 bits per heavy atom. The summed E-state index contributed by atoms with van der Waals surface area (Å²) >= 11 is 0. The van der Waals surface area contributed by atoms with Gasteiger partial charge in [-0.15, -0.1) is 0 Å². The molecule has 1 fully saturated rings. The molecule has 0 amide bonds. The van der Waals surface area contributed by atoms with Gasteiger partial charge in [-0.25, -0.2) is 0 Å². The van der Waals surface area contributed by atoms with Crippen LogP contribution >= 0.6 is 0 Å². The van der Waals surface area contributed by atoms with E-state index in [2.05, 4.69) is 0 Å². The van der Waals surface area contributed by atoms with Crippen molar-refractivity contribution in [1.82, 2.24) is 0 Å². The van der Waals surface area contributed by atoms with Crippen LogP contribution in [0.4, 0.5) is 0 Å². The lowest BCUT2D eigenvalue weighted by atomic mass is 9.98. The average Bonchev–Trinajstić information content (AvgIpc) is 2.83. The highest BCUT2D eigenvalue weighted by Crippen LogP contribution is 2.29. The summed E-state index contributed by atoms with van der Waals surface area (Å²) in [6.07, 6.45) is -3.00. The van der Waals surface area contributed by atoms with Crippen molar-refractivity contribution < 1.29 is 42.6 Å². The second-order valence-corrected chi connectivity index (χ2v) is 7.93. The van der Waals surface area contributed by atoms with Gasteiger partial charge in [0.1, 0.15) is 31.0 Å². The zero-order valence-electron chi connectivity index (χ0n) is 20.6. The standard InChI is InChI=1S/C24H40O9/c1-17(2)31-15-19-21(27-5)22(28-6)23(24(33-19)32-16-20(25-3)26-4)30-13-12-29-14-18-10-8-7-9-11-18/h7-11,17,19-24H,12-16H2,1-6H3/t19-,21-,22+,23+,24-/m1/s1. The molecule has 0 N–H and O–H groups in total. The molecule has 5 atom stereocenters. The molecular formula is C24H40O9. The lowest BCUT2D eigenvalue weighted by Crippen LogP contribution is -2.62. The Hall–Kier alpha value is -1.14. The third-order valence-corrected chi connectivity index (χ3v) is 5.30. The maximum absolute atomic E-state index is 6.22. The quantitative estimate of drug-likeness (QED) is 0.266. The van der Waals surface area contributed by atoms with E-state index in [0.717, 1.165) is 5.56 Å². The smallest absolute Gasteiger partial charge is 0.187 e. The number of hydrogen-bond acceptors (Lipinski definition) is 9. The molecule has 0 aliphatic carbocycles. The lowest BCUT2D eigenvalue weighted by Gasteiger charge is -2.45. The third kappa shape index (κ3) is 9.20. The van der Waals surface area contributed by atoms with E-state index in [1.807, 2.05) is 44.2 Å². The molecule has 190 valence electrons. The highest BCUT2D eigenvalue weighted by Gasteiger charge is 2.48. The number of hydrogen-bond donors (Lipinski definition) is 0. The maximum atomic E-state index is 6.22. The van der Waals surface area contributed by atoms with Crippen LogP contribution in [0, 0.1) is 0 Å². The van der Waals surface area contributed by atoms with Crippen molar-refractivity contribution in [1.29, 1.82) is 0 Å². The fourth-order valence-corrected chi connectivity index (χ4v) is 3.58. The van der Waals surface area contributed by atoms with Gasteiger partial charge in [-0.05, 0) is 19.4 Å². The molecule has 1 saturated heterocycles. The molecule has 0 saturated carbocycles. The number of ether oxygens (including phenoxy) is 9. The van der Waals surface area contributed by atoms with Crippen LogP contribution in [0.3, 0.4) is 0 Å². The van der Waals surface area contributed by atoms with Gasteiger partial charge in [0.2, 0.25) is 0 Å². The molecule has 9 nitrogen and oxygen atoms in total. The van der Waals surface area contributed by atoms with Gasteiger partial charge in [0.25, 0.3) is 0 Å². The summed E-state index contributed by atoms with van der Waals surface area (Å²) in [5.41, 5.74) is 1.10. The van der Waals surface area contributed by atoms with Crippen molar-refractivity contribution in [2.24, 2.45) is 0 Å². The summed E-state index contributed by atoms with van der Waals surface area (Å²) in [4.78, 5) is 0. The molecule has 2 rings (SSSR count). The van der Waals surface area contributed by atoms with Crippen LogP contribution < -0.4 is 0 Å². The van der Waals surface area contributed by atoms with Crippen LogP contribution in [0.2, 0.25) is 0 Å². The third-order valence-electron chi connectivity index (χ3n) is 5.30. The van der Waals surface area contributed by atoms with Gasteiger partial charge in [-0.3, -0.25) is 0 Å². The summed E-state index contributed by atoms with van der Waals surface area (Å²) < 4.78 is 51.9. The first kappa shape index (κ1) is 28.1. The van der Waals surface area contributed by atoms with E-state index in [0.29, 0.717) is 26.4 Å². The fourth-order valence-electron chi connectivity index (χ4n) is 3.58. The predicted octanol–water partition coefficient (Wildman–Crippen LogP) is 2.40. The van der Waals surface area contributed by atoms with E-state index in [4.69, 9.17) is 42.6 Å². The first-order valence-electron chi connectivity index (χ1n) is 11.3. The highest BCUT2D eigenvalue weighted by molar-refractivity contribution is 5.13. The summed E-state index contributed by atoms with van der Waals surface area (Å²) in [7, 11) is 6.34. The van der Waals surface area contributed by atoms with E-state index in [-0.39, 0.29) is 12.7 Å². The monoisotopic (exact) mass is 472 g/mol. The molecule has 0 spiro atoms. The first-order chi connectivity index (χ1) is 16.0. The van der Waals surface area contributed by atoms with Crippen molar-refractivity contribution in [3.05, 3.63) is 35.9 Å². The SMILES string of the molecule is COC(CO[C@@H]1O[C@H](COC(C)C)[C@@H](OC)[C@H](OC)[C@@H]1OCCOCc1ccccc1)OC. The Morgan fingerprint density at radius 3 is 2.15 bits per heavy atom. The number of rotatable bonds is 16. The molecular weight excluding hydrogens is 432 g/mol. The lowest BCUT2D eigenvalue weighted by molar-refractivity contribution is -0.328. The molecule has 1 aromatic rings. The van der Waals surface area contributed by atoms with Crippen molar-refractivity contribution in [2.45, 2.75) is 63.6 Å². The van der Waals surface area contributed by atoms with Crippen LogP contribution in [-0.4, -0.2) is 98.0 Å². The molecule has 1 aliphatic rings. The average molecular weight is 473 g/mol. The minimum atomic E-state index is -0.732. The van der Waals surface area contributed by atoms with Crippen LogP contribution in [0.5, 0.6) is 0 Å². The van der Waals surface area contributed by atoms with Gasteiger partial charge in [-0.2, -0.15) is 0 Å². The van der Waals surface area contributed by atoms with Gasteiger partial charge in [0, 0.05) is 28.4 Å². The van der Waals surface area contributed by atoms with E-state index in [1.54, 1.807) is 28.4 Å². The van der Waals surface area contributed by atoms with Gasteiger partial charge in [-0.1, -0.05) is 30.3 Å². The number of methoxy groups -OCH3 is 4. The van der Waals surface area contributed by atoms with E-state index in [1.165, 1.54) is 0 Å². The van der Waals surface area contributed by atoms with Crippen molar-refractivity contribution in [2.75, 3.05) is 54.9 Å².